The number of phenols is 1. The predicted octanol–water partition coefficient (Wildman–Crippen LogP) is 2.00. The van der Waals surface area contributed by atoms with Crippen molar-refractivity contribution in [1.29, 1.82) is 0 Å². The molecular weight excluding hydrogens is 230 g/mol. The Balaban J connectivity index is 1.90. The van der Waals surface area contributed by atoms with Crippen LogP contribution in [0.3, 0.4) is 0 Å². The van der Waals surface area contributed by atoms with Gasteiger partial charge in [-0.2, -0.15) is 0 Å². The third kappa shape index (κ3) is 3.23. The molecule has 2 rings (SSSR count). The Morgan fingerprint density at radius 1 is 1.50 bits per heavy atom. The van der Waals surface area contributed by atoms with Crippen LogP contribution in [0.1, 0.15) is 35.2 Å². The van der Waals surface area contributed by atoms with Crippen molar-refractivity contribution in [3.05, 3.63) is 29.3 Å². The van der Waals surface area contributed by atoms with Gasteiger partial charge in [-0.25, -0.2) is 0 Å². The van der Waals surface area contributed by atoms with Crippen molar-refractivity contribution < 1.29 is 14.6 Å². The van der Waals surface area contributed by atoms with Crippen LogP contribution in [-0.2, 0) is 4.74 Å². The number of hydrogen-bond donors (Lipinski definition) is 2. The van der Waals surface area contributed by atoms with E-state index in [0.29, 0.717) is 12.1 Å². The number of phenolic OH excluding ortho intramolecular Hbond substituents is 1. The van der Waals surface area contributed by atoms with Crippen LogP contribution < -0.4 is 5.32 Å². The number of aryl methyl sites for hydroxylation is 1. The molecule has 0 saturated carbocycles. The Morgan fingerprint density at radius 3 is 3.00 bits per heavy atom. The number of aromatic hydroxyl groups is 1. The lowest BCUT2D eigenvalue weighted by Crippen LogP contribution is -2.35. The number of benzene rings is 1. The third-order valence-corrected chi connectivity index (χ3v) is 3.22. The molecule has 1 aliphatic rings. The van der Waals surface area contributed by atoms with Gasteiger partial charge in [-0.15, -0.1) is 0 Å². The van der Waals surface area contributed by atoms with Crippen LogP contribution in [0.5, 0.6) is 5.75 Å². The van der Waals surface area contributed by atoms with Gasteiger partial charge in [0.1, 0.15) is 5.75 Å². The fraction of sp³-hybridized carbons (Fsp3) is 0.500. The number of rotatable bonds is 3. The molecule has 98 valence electrons. The van der Waals surface area contributed by atoms with E-state index < -0.39 is 0 Å². The van der Waals surface area contributed by atoms with E-state index in [0.717, 1.165) is 25.0 Å². The summed E-state index contributed by atoms with van der Waals surface area (Å²) >= 11 is 0. The van der Waals surface area contributed by atoms with Crippen LogP contribution in [0.4, 0.5) is 0 Å². The van der Waals surface area contributed by atoms with Crippen LogP contribution in [0.25, 0.3) is 0 Å². The molecule has 0 spiro atoms. The fourth-order valence-electron chi connectivity index (χ4n) is 2.17. The lowest BCUT2D eigenvalue weighted by molar-refractivity contribution is 0.0169. The summed E-state index contributed by atoms with van der Waals surface area (Å²) in [5.41, 5.74) is 1.38. The van der Waals surface area contributed by atoms with Gasteiger partial charge in [0.05, 0.1) is 6.10 Å². The Hall–Kier alpha value is -1.55. The molecule has 0 radical (unpaired) electrons. The number of hydrogen-bond acceptors (Lipinski definition) is 3. The van der Waals surface area contributed by atoms with Crippen molar-refractivity contribution in [2.75, 3.05) is 13.2 Å². The van der Waals surface area contributed by atoms with Gasteiger partial charge in [0.25, 0.3) is 5.91 Å². The first-order valence-electron chi connectivity index (χ1n) is 6.36. The second-order valence-corrected chi connectivity index (χ2v) is 4.70. The van der Waals surface area contributed by atoms with Crippen LogP contribution in [-0.4, -0.2) is 30.3 Å². The molecule has 1 fully saturated rings. The highest BCUT2D eigenvalue weighted by atomic mass is 16.5. The second kappa shape index (κ2) is 5.87. The molecule has 1 unspecified atom stereocenters. The number of carbonyl (C=O) groups excluding carboxylic acids is 1. The molecule has 1 aromatic carbocycles. The summed E-state index contributed by atoms with van der Waals surface area (Å²) in [7, 11) is 0. The SMILES string of the molecule is Cc1cc(O)ccc1C(=O)NCC1CCCCO1. The van der Waals surface area contributed by atoms with Crippen LogP contribution >= 0.6 is 0 Å². The minimum absolute atomic E-state index is 0.110. The van der Waals surface area contributed by atoms with E-state index in [2.05, 4.69) is 5.32 Å². The summed E-state index contributed by atoms with van der Waals surface area (Å²) in [5.74, 6) is 0.0707. The van der Waals surface area contributed by atoms with Crippen molar-refractivity contribution >= 4 is 5.91 Å². The Bertz CT molecular complexity index is 425. The van der Waals surface area contributed by atoms with E-state index in [1.807, 2.05) is 6.92 Å². The normalized spacial score (nSPS) is 19.5. The van der Waals surface area contributed by atoms with Gasteiger partial charge in [0.2, 0.25) is 0 Å². The average molecular weight is 249 g/mol. The van der Waals surface area contributed by atoms with Gasteiger partial charge in [0, 0.05) is 18.7 Å². The van der Waals surface area contributed by atoms with E-state index in [-0.39, 0.29) is 17.8 Å². The van der Waals surface area contributed by atoms with Crippen molar-refractivity contribution in [2.24, 2.45) is 0 Å². The summed E-state index contributed by atoms with van der Waals surface area (Å²) in [6, 6.07) is 4.76. The smallest absolute Gasteiger partial charge is 0.251 e. The Morgan fingerprint density at radius 2 is 2.33 bits per heavy atom. The van der Waals surface area contributed by atoms with E-state index >= 15 is 0 Å². The fourth-order valence-corrected chi connectivity index (χ4v) is 2.17. The van der Waals surface area contributed by atoms with Crippen molar-refractivity contribution in [2.45, 2.75) is 32.3 Å². The van der Waals surface area contributed by atoms with Crippen molar-refractivity contribution in [1.82, 2.24) is 5.32 Å². The average Bonchev–Trinajstić information content (AvgIpc) is 2.37. The van der Waals surface area contributed by atoms with Crippen LogP contribution in [0.2, 0.25) is 0 Å². The first-order valence-corrected chi connectivity index (χ1v) is 6.36. The van der Waals surface area contributed by atoms with Crippen molar-refractivity contribution in [3.8, 4) is 5.75 Å². The maximum absolute atomic E-state index is 12.0. The Labute approximate surface area is 107 Å². The van der Waals surface area contributed by atoms with Gasteiger partial charge in [-0.1, -0.05) is 0 Å². The molecule has 18 heavy (non-hydrogen) atoms. The molecule has 1 aliphatic heterocycles. The molecular formula is C14H19NO3. The van der Waals surface area contributed by atoms with E-state index in [1.54, 1.807) is 12.1 Å². The molecule has 2 N–H and O–H groups in total. The lowest BCUT2D eigenvalue weighted by Gasteiger charge is -2.22. The largest absolute Gasteiger partial charge is 0.508 e. The summed E-state index contributed by atoms with van der Waals surface area (Å²) in [6.07, 6.45) is 3.43. The number of nitrogens with one attached hydrogen (secondary N) is 1. The number of ether oxygens (including phenoxy) is 1. The topological polar surface area (TPSA) is 58.6 Å². The summed E-state index contributed by atoms with van der Waals surface area (Å²) in [5, 5.41) is 12.2. The molecule has 0 aliphatic carbocycles. The zero-order valence-corrected chi connectivity index (χ0v) is 10.6. The summed E-state index contributed by atoms with van der Waals surface area (Å²) in [6.45, 7) is 3.16. The van der Waals surface area contributed by atoms with Gasteiger partial charge >= 0.3 is 0 Å². The quantitative estimate of drug-likeness (QED) is 0.861. The highest BCUT2D eigenvalue weighted by molar-refractivity contribution is 5.95. The molecule has 4 nitrogen and oxygen atoms in total. The summed E-state index contributed by atoms with van der Waals surface area (Å²) in [4.78, 5) is 12.0. The maximum atomic E-state index is 12.0. The highest BCUT2D eigenvalue weighted by Gasteiger charge is 2.16. The molecule has 1 aromatic rings. The first-order chi connectivity index (χ1) is 8.66. The molecule has 0 bridgehead atoms. The van der Waals surface area contributed by atoms with Gasteiger partial charge in [-0.05, 0) is 49.9 Å². The predicted molar refractivity (Wildman–Crippen MR) is 68.8 cm³/mol. The van der Waals surface area contributed by atoms with E-state index in [4.69, 9.17) is 4.74 Å². The monoisotopic (exact) mass is 249 g/mol. The Kier molecular flexibility index (Phi) is 4.20. The van der Waals surface area contributed by atoms with Crippen molar-refractivity contribution in [3.63, 3.8) is 0 Å². The van der Waals surface area contributed by atoms with Crippen LogP contribution in [0.15, 0.2) is 18.2 Å². The third-order valence-electron chi connectivity index (χ3n) is 3.22. The summed E-state index contributed by atoms with van der Waals surface area (Å²) < 4.78 is 5.56. The minimum atomic E-state index is -0.110. The molecule has 1 amide bonds. The molecule has 0 aromatic heterocycles. The maximum Gasteiger partial charge on any atom is 0.251 e. The lowest BCUT2D eigenvalue weighted by atomic mass is 10.1. The zero-order valence-electron chi connectivity index (χ0n) is 10.6. The highest BCUT2D eigenvalue weighted by Crippen LogP contribution is 2.16. The van der Waals surface area contributed by atoms with E-state index in [1.165, 1.54) is 12.5 Å². The molecule has 4 heteroatoms. The standard InChI is InChI=1S/C14H19NO3/c1-10-8-11(16)5-6-13(10)14(17)15-9-12-4-2-3-7-18-12/h5-6,8,12,16H,2-4,7,9H2,1H3,(H,15,17). The van der Waals surface area contributed by atoms with Gasteiger partial charge in [-0.3, -0.25) is 4.79 Å². The molecule has 1 saturated heterocycles. The zero-order chi connectivity index (χ0) is 13.0. The first kappa shape index (κ1) is 12.9. The number of carbonyl (C=O) groups is 1. The molecule has 1 atom stereocenters. The minimum Gasteiger partial charge on any atom is -0.508 e. The van der Waals surface area contributed by atoms with E-state index in [9.17, 15) is 9.90 Å². The van der Waals surface area contributed by atoms with Crippen LogP contribution in [0, 0.1) is 6.92 Å². The number of amides is 1. The van der Waals surface area contributed by atoms with Gasteiger partial charge in [0.15, 0.2) is 0 Å². The molecule has 1 heterocycles. The second-order valence-electron chi connectivity index (χ2n) is 4.70. The van der Waals surface area contributed by atoms with Gasteiger partial charge < -0.3 is 15.2 Å².